The summed E-state index contributed by atoms with van der Waals surface area (Å²) in [5, 5.41) is 3.10. The third-order valence-corrected chi connectivity index (χ3v) is 1.75. The van der Waals surface area contributed by atoms with Gasteiger partial charge in [0.2, 0.25) is 0 Å². The van der Waals surface area contributed by atoms with Crippen molar-refractivity contribution >= 4 is 5.69 Å². The van der Waals surface area contributed by atoms with Crippen molar-refractivity contribution in [2.75, 3.05) is 19.0 Å². The molecule has 1 aromatic rings. The van der Waals surface area contributed by atoms with Crippen molar-refractivity contribution in [3.63, 3.8) is 0 Å². The number of hydrogen-bond donors (Lipinski definition) is 1. The Balaban J connectivity index is 2.74. The van der Waals surface area contributed by atoms with E-state index in [1.807, 2.05) is 6.92 Å². The zero-order valence-corrected chi connectivity index (χ0v) is 8.43. The molecule has 14 heavy (non-hydrogen) atoms. The van der Waals surface area contributed by atoms with Crippen LogP contribution in [0.2, 0.25) is 0 Å². The van der Waals surface area contributed by atoms with Crippen LogP contribution in [0.25, 0.3) is 0 Å². The highest BCUT2D eigenvalue weighted by Gasteiger charge is 2.02. The third kappa shape index (κ3) is 2.76. The van der Waals surface area contributed by atoms with E-state index < -0.39 is 0 Å². The Bertz CT molecular complexity index is 336. The molecule has 76 valence electrons. The standard InChI is InChI=1S/C11H14FNO/c1-8(2)7-13-9-4-5-10(12)11(6-9)14-3/h4-6,13H,1,7H2,2-3H3. The molecule has 2 nitrogen and oxygen atoms in total. The number of hydrogen-bond acceptors (Lipinski definition) is 2. The minimum Gasteiger partial charge on any atom is -0.494 e. The summed E-state index contributed by atoms with van der Waals surface area (Å²) in [7, 11) is 1.45. The average Bonchev–Trinajstić information content (AvgIpc) is 2.16. The van der Waals surface area contributed by atoms with Gasteiger partial charge in [-0.05, 0) is 19.1 Å². The van der Waals surface area contributed by atoms with Gasteiger partial charge in [0.05, 0.1) is 7.11 Å². The molecule has 0 unspecified atom stereocenters. The minimum absolute atomic E-state index is 0.247. The summed E-state index contributed by atoms with van der Waals surface area (Å²) in [5.74, 6) is -0.106. The molecule has 0 heterocycles. The van der Waals surface area contributed by atoms with Crippen LogP contribution in [0.1, 0.15) is 6.92 Å². The van der Waals surface area contributed by atoms with Crippen LogP contribution in [0.3, 0.4) is 0 Å². The Hall–Kier alpha value is -1.51. The topological polar surface area (TPSA) is 21.3 Å². The highest BCUT2D eigenvalue weighted by atomic mass is 19.1. The quantitative estimate of drug-likeness (QED) is 0.746. The maximum Gasteiger partial charge on any atom is 0.165 e. The molecular formula is C11H14FNO. The molecule has 0 aliphatic rings. The van der Waals surface area contributed by atoms with Gasteiger partial charge >= 0.3 is 0 Å². The number of anilines is 1. The normalized spacial score (nSPS) is 9.64. The first-order chi connectivity index (χ1) is 6.63. The first-order valence-electron chi connectivity index (χ1n) is 4.35. The average molecular weight is 195 g/mol. The molecule has 0 bridgehead atoms. The molecule has 0 spiro atoms. The maximum atomic E-state index is 13.0. The van der Waals surface area contributed by atoms with Crippen LogP contribution in [-0.2, 0) is 0 Å². The molecular weight excluding hydrogens is 181 g/mol. The van der Waals surface area contributed by atoms with Crippen LogP contribution in [0.5, 0.6) is 5.75 Å². The second-order valence-electron chi connectivity index (χ2n) is 3.16. The maximum absolute atomic E-state index is 13.0. The molecule has 0 radical (unpaired) electrons. The van der Waals surface area contributed by atoms with Crippen molar-refractivity contribution in [1.82, 2.24) is 0 Å². The summed E-state index contributed by atoms with van der Waals surface area (Å²) >= 11 is 0. The van der Waals surface area contributed by atoms with Gasteiger partial charge in [0.1, 0.15) is 0 Å². The molecule has 0 saturated heterocycles. The fraction of sp³-hybridized carbons (Fsp3) is 0.273. The van der Waals surface area contributed by atoms with Gasteiger partial charge in [-0.25, -0.2) is 4.39 Å². The molecule has 0 aliphatic carbocycles. The van der Waals surface area contributed by atoms with Crippen molar-refractivity contribution in [3.8, 4) is 5.75 Å². The summed E-state index contributed by atoms with van der Waals surface area (Å²) in [6.45, 7) is 6.36. The Morgan fingerprint density at radius 3 is 2.86 bits per heavy atom. The predicted molar refractivity (Wildman–Crippen MR) is 56.3 cm³/mol. The molecule has 3 heteroatoms. The van der Waals surface area contributed by atoms with Crippen LogP contribution in [-0.4, -0.2) is 13.7 Å². The van der Waals surface area contributed by atoms with Gasteiger partial charge in [-0.15, -0.1) is 0 Å². The van der Waals surface area contributed by atoms with E-state index in [0.717, 1.165) is 11.3 Å². The summed E-state index contributed by atoms with van der Waals surface area (Å²) < 4.78 is 17.9. The summed E-state index contributed by atoms with van der Waals surface area (Å²) in [4.78, 5) is 0. The minimum atomic E-state index is -0.353. The van der Waals surface area contributed by atoms with Gasteiger partial charge in [0.15, 0.2) is 11.6 Å². The van der Waals surface area contributed by atoms with E-state index in [1.54, 1.807) is 12.1 Å². The number of benzene rings is 1. The van der Waals surface area contributed by atoms with E-state index >= 15 is 0 Å². The van der Waals surface area contributed by atoms with E-state index in [9.17, 15) is 4.39 Å². The van der Waals surface area contributed by atoms with Crippen LogP contribution in [0, 0.1) is 5.82 Å². The van der Waals surface area contributed by atoms with Gasteiger partial charge in [-0.1, -0.05) is 12.2 Å². The van der Waals surface area contributed by atoms with Crippen molar-refractivity contribution in [3.05, 3.63) is 36.2 Å². The highest BCUT2D eigenvalue weighted by molar-refractivity contribution is 5.49. The zero-order chi connectivity index (χ0) is 10.6. The lowest BCUT2D eigenvalue weighted by Gasteiger charge is -2.08. The molecule has 0 fully saturated rings. The van der Waals surface area contributed by atoms with Gasteiger partial charge in [-0.3, -0.25) is 0 Å². The molecule has 0 saturated carbocycles. The van der Waals surface area contributed by atoms with Gasteiger partial charge in [0.25, 0.3) is 0 Å². The van der Waals surface area contributed by atoms with E-state index in [4.69, 9.17) is 4.74 Å². The second kappa shape index (κ2) is 4.65. The van der Waals surface area contributed by atoms with Crippen LogP contribution in [0.4, 0.5) is 10.1 Å². The van der Waals surface area contributed by atoms with Crippen LogP contribution >= 0.6 is 0 Å². The molecule has 0 aliphatic heterocycles. The number of methoxy groups -OCH3 is 1. The molecule has 0 aromatic heterocycles. The van der Waals surface area contributed by atoms with E-state index in [1.165, 1.54) is 13.2 Å². The van der Waals surface area contributed by atoms with Crippen LogP contribution < -0.4 is 10.1 Å². The van der Waals surface area contributed by atoms with Gasteiger partial charge in [0, 0.05) is 18.3 Å². The lowest BCUT2D eigenvalue weighted by molar-refractivity contribution is 0.387. The Labute approximate surface area is 83.4 Å². The van der Waals surface area contributed by atoms with Crippen molar-refractivity contribution in [2.24, 2.45) is 0 Å². The fourth-order valence-electron chi connectivity index (χ4n) is 1.02. The van der Waals surface area contributed by atoms with Gasteiger partial charge in [-0.2, -0.15) is 0 Å². The largest absolute Gasteiger partial charge is 0.494 e. The number of rotatable bonds is 4. The first kappa shape index (κ1) is 10.6. The van der Waals surface area contributed by atoms with E-state index in [0.29, 0.717) is 6.54 Å². The summed E-state index contributed by atoms with van der Waals surface area (Å²) in [6.07, 6.45) is 0. The monoisotopic (exact) mass is 195 g/mol. The third-order valence-electron chi connectivity index (χ3n) is 1.75. The Morgan fingerprint density at radius 2 is 2.29 bits per heavy atom. The molecule has 0 atom stereocenters. The SMILES string of the molecule is C=C(C)CNc1ccc(F)c(OC)c1. The first-order valence-corrected chi connectivity index (χ1v) is 4.35. The molecule has 1 aromatic carbocycles. The number of halogens is 1. The van der Waals surface area contributed by atoms with E-state index in [-0.39, 0.29) is 11.6 Å². The molecule has 1 N–H and O–H groups in total. The summed E-state index contributed by atoms with van der Waals surface area (Å²) in [6, 6.07) is 4.67. The molecule has 0 amide bonds. The molecule has 1 rings (SSSR count). The van der Waals surface area contributed by atoms with Crippen molar-refractivity contribution < 1.29 is 9.13 Å². The fourth-order valence-corrected chi connectivity index (χ4v) is 1.02. The Kier molecular flexibility index (Phi) is 3.51. The predicted octanol–water partition coefficient (Wildman–Crippen LogP) is 2.82. The van der Waals surface area contributed by atoms with E-state index in [2.05, 4.69) is 11.9 Å². The lowest BCUT2D eigenvalue weighted by Crippen LogP contribution is -2.02. The lowest BCUT2D eigenvalue weighted by atomic mass is 10.2. The highest BCUT2D eigenvalue weighted by Crippen LogP contribution is 2.21. The second-order valence-corrected chi connectivity index (χ2v) is 3.16. The zero-order valence-electron chi connectivity index (χ0n) is 8.43. The Morgan fingerprint density at radius 1 is 1.57 bits per heavy atom. The van der Waals surface area contributed by atoms with Gasteiger partial charge < -0.3 is 10.1 Å². The number of ether oxygens (including phenoxy) is 1. The van der Waals surface area contributed by atoms with Crippen LogP contribution in [0.15, 0.2) is 30.4 Å². The van der Waals surface area contributed by atoms with Crippen molar-refractivity contribution in [1.29, 1.82) is 0 Å². The smallest absolute Gasteiger partial charge is 0.165 e. The summed E-state index contributed by atoms with van der Waals surface area (Å²) in [5.41, 5.74) is 1.85. The van der Waals surface area contributed by atoms with Crippen molar-refractivity contribution in [2.45, 2.75) is 6.92 Å². The number of nitrogens with one attached hydrogen (secondary N) is 1.